The van der Waals surface area contributed by atoms with Gasteiger partial charge in [-0.15, -0.1) is 0 Å². The zero-order chi connectivity index (χ0) is 8.81. The minimum Gasteiger partial charge on any atom is -0.258 e. The molecule has 0 fully saturated rings. The van der Waals surface area contributed by atoms with E-state index in [1.165, 1.54) is 5.56 Å². The molecule has 1 rings (SSSR count). The molecule has 12 heavy (non-hydrogen) atoms. The molecule has 0 spiro atoms. The van der Waals surface area contributed by atoms with Crippen LogP contribution < -0.4 is 5.73 Å². The number of hydrogen-bond acceptors (Lipinski definition) is 0. The molecule has 1 unspecified atom stereocenters. The summed E-state index contributed by atoms with van der Waals surface area (Å²) in [4.78, 5) is 0. The van der Waals surface area contributed by atoms with Gasteiger partial charge in [-0.2, -0.15) is 0 Å². The van der Waals surface area contributed by atoms with Gasteiger partial charge < -0.3 is 0 Å². The molecule has 0 saturated heterocycles. The van der Waals surface area contributed by atoms with E-state index in [1.807, 2.05) is 18.2 Å². The monoisotopic (exact) mass is 161 g/mol. The SMILES string of the molecule is [CH2]CC(CC[NH])c1ccccc1. The second-order valence-electron chi connectivity index (χ2n) is 2.93. The molecule has 1 N–H and O–H groups in total. The molecular weight excluding hydrogens is 146 g/mol. The first-order valence-corrected chi connectivity index (χ1v) is 4.37. The highest BCUT2D eigenvalue weighted by molar-refractivity contribution is 5.19. The molecule has 1 heteroatoms. The Bertz CT molecular complexity index is 206. The van der Waals surface area contributed by atoms with Crippen molar-refractivity contribution in [2.75, 3.05) is 6.54 Å². The summed E-state index contributed by atoms with van der Waals surface area (Å²) in [6.45, 7) is 4.39. The van der Waals surface area contributed by atoms with Gasteiger partial charge in [0.15, 0.2) is 0 Å². The third kappa shape index (κ3) is 2.35. The Hall–Kier alpha value is -0.820. The van der Waals surface area contributed by atoms with Gasteiger partial charge in [-0.1, -0.05) is 37.3 Å². The molecule has 64 valence electrons. The van der Waals surface area contributed by atoms with Crippen molar-refractivity contribution >= 4 is 0 Å². The van der Waals surface area contributed by atoms with Crippen molar-refractivity contribution in [3.05, 3.63) is 42.8 Å². The van der Waals surface area contributed by atoms with Crippen LogP contribution in [-0.4, -0.2) is 6.54 Å². The van der Waals surface area contributed by atoms with Crippen LogP contribution in [0.5, 0.6) is 0 Å². The van der Waals surface area contributed by atoms with Gasteiger partial charge in [-0.3, -0.25) is 5.73 Å². The maximum absolute atomic E-state index is 7.16. The summed E-state index contributed by atoms with van der Waals surface area (Å²) in [5, 5.41) is 0. The van der Waals surface area contributed by atoms with Crippen LogP contribution in [0.25, 0.3) is 0 Å². The van der Waals surface area contributed by atoms with Crippen LogP contribution in [0.4, 0.5) is 0 Å². The minimum atomic E-state index is 0.476. The fraction of sp³-hybridized carbons (Fsp3) is 0.364. The van der Waals surface area contributed by atoms with E-state index in [4.69, 9.17) is 5.73 Å². The van der Waals surface area contributed by atoms with Gasteiger partial charge in [0.25, 0.3) is 0 Å². The summed E-state index contributed by atoms with van der Waals surface area (Å²) in [6, 6.07) is 10.3. The second-order valence-corrected chi connectivity index (χ2v) is 2.93. The standard InChI is InChI=1S/C11H15N/c1-2-10(8-9-12)11-6-4-3-5-7-11/h3-7,10,12H,1-2,8-9H2. The van der Waals surface area contributed by atoms with Crippen molar-refractivity contribution in [2.45, 2.75) is 18.8 Å². The molecule has 2 radical (unpaired) electrons. The minimum absolute atomic E-state index is 0.476. The molecule has 1 atom stereocenters. The number of hydrogen-bond donors (Lipinski definition) is 0. The molecule has 1 nitrogen and oxygen atoms in total. The Morgan fingerprint density at radius 2 is 1.92 bits per heavy atom. The van der Waals surface area contributed by atoms with E-state index in [0.717, 1.165) is 12.8 Å². The normalized spacial score (nSPS) is 12.8. The number of benzene rings is 1. The summed E-state index contributed by atoms with van der Waals surface area (Å²) < 4.78 is 0. The Balaban J connectivity index is 2.66. The lowest BCUT2D eigenvalue weighted by molar-refractivity contribution is 0.634. The highest BCUT2D eigenvalue weighted by atomic mass is 14.5. The van der Waals surface area contributed by atoms with Crippen molar-refractivity contribution in [1.29, 1.82) is 0 Å². The van der Waals surface area contributed by atoms with Crippen molar-refractivity contribution in [2.24, 2.45) is 0 Å². The van der Waals surface area contributed by atoms with E-state index in [1.54, 1.807) is 0 Å². The van der Waals surface area contributed by atoms with Gasteiger partial charge in [0.2, 0.25) is 0 Å². The van der Waals surface area contributed by atoms with Gasteiger partial charge in [0.05, 0.1) is 0 Å². The summed E-state index contributed by atoms with van der Waals surface area (Å²) in [7, 11) is 0. The van der Waals surface area contributed by atoms with Gasteiger partial charge in [0, 0.05) is 6.54 Å². The molecule has 0 aromatic heterocycles. The average molecular weight is 161 g/mol. The zero-order valence-electron chi connectivity index (χ0n) is 7.29. The van der Waals surface area contributed by atoms with E-state index in [2.05, 4.69) is 19.1 Å². The number of nitrogens with one attached hydrogen (secondary N) is 1. The summed E-state index contributed by atoms with van der Waals surface area (Å²) >= 11 is 0. The smallest absolute Gasteiger partial charge is 0.0106 e. The Labute approximate surface area is 74.6 Å². The molecule has 0 aliphatic heterocycles. The molecule has 0 amide bonds. The van der Waals surface area contributed by atoms with Crippen LogP contribution in [0, 0.1) is 6.92 Å². The molecular formula is C11H15N. The summed E-state index contributed by atoms with van der Waals surface area (Å²) in [5.41, 5.74) is 8.48. The van der Waals surface area contributed by atoms with Crippen molar-refractivity contribution in [3.63, 3.8) is 0 Å². The van der Waals surface area contributed by atoms with Crippen LogP contribution in [0.1, 0.15) is 24.3 Å². The average Bonchev–Trinajstić information content (AvgIpc) is 2.15. The van der Waals surface area contributed by atoms with Crippen LogP contribution >= 0.6 is 0 Å². The lowest BCUT2D eigenvalue weighted by Crippen LogP contribution is -2.00. The summed E-state index contributed by atoms with van der Waals surface area (Å²) in [5.74, 6) is 0.476. The lowest BCUT2D eigenvalue weighted by atomic mass is 9.93. The highest BCUT2D eigenvalue weighted by Crippen LogP contribution is 2.21. The van der Waals surface area contributed by atoms with Crippen LogP contribution in [-0.2, 0) is 0 Å². The topological polar surface area (TPSA) is 23.8 Å². The van der Waals surface area contributed by atoms with Crippen molar-refractivity contribution in [1.82, 2.24) is 5.73 Å². The third-order valence-electron chi connectivity index (χ3n) is 2.11. The number of rotatable bonds is 4. The van der Waals surface area contributed by atoms with Gasteiger partial charge >= 0.3 is 0 Å². The quantitative estimate of drug-likeness (QED) is 0.648. The van der Waals surface area contributed by atoms with E-state index >= 15 is 0 Å². The van der Waals surface area contributed by atoms with Gasteiger partial charge in [0.1, 0.15) is 0 Å². The van der Waals surface area contributed by atoms with Crippen molar-refractivity contribution < 1.29 is 0 Å². The van der Waals surface area contributed by atoms with Gasteiger partial charge in [-0.25, -0.2) is 0 Å². The maximum Gasteiger partial charge on any atom is 0.0106 e. The van der Waals surface area contributed by atoms with Crippen LogP contribution in [0.3, 0.4) is 0 Å². The van der Waals surface area contributed by atoms with Crippen LogP contribution in [0.15, 0.2) is 30.3 Å². The molecule has 0 heterocycles. The highest BCUT2D eigenvalue weighted by Gasteiger charge is 2.06. The van der Waals surface area contributed by atoms with Gasteiger partial charge in [-0.05, 0) is 24.3 Å². The predicted molar refractivity (Wildman–Crippen MR) is 51.7 cm³/mol. The Kier molecular flexibility index (Phi) is 3.81. The summed E-state index contributed by atoms with van der Waals surface area (Å²) in [6.07, 6.45) is 1.82. The fourth-order valence-corrected chi connectivity index (χ4v) is 1.38. The first kappa shape index (κ1) is 9.27. The zero-order valence-corrected chi connectivity index (χ0v) is 7.29. The van der Waals surface area contributed by atoms with E-state index in [9.17, 15) is 0 Å². The molecule has 0 saturated carbocycles. The second kappa shape index (κ2) is 4.94. The Morgan fingerprint density at radius 3 is 2.42 bits per heavy atom. The van der Waals surface area contributed by atoms with Crippen LogP contribution in [0.2, 0.25) is 0 Å². The molecule has 1 aromatic carbocycles. The first-order valence-electron chi connectivity index (χ1n) is 4.37. The van der Waals surface area contributed by atoms with E-state index < -0.39 is 0 Å². The molecule has 0 bridgehead atoms. The Morgan fingerprint density at radius 1 is 1.25 bits per heavy atom. The molecule has 1 aromatic rings. The molecule has 0 aliphatic rings. The van der Waals surface area contributed by atoms with E-state index in [-0.39, 0.29) is 0 Å². The molecule has 0 aliphatic carbocycles. The fourth-order valence-electron chi connectivity index (χ4n) is 1.38. The predicted octanol–water partition coefficient (Wildman–Crippen LogP) is 2.67. The lowest BCUT2D eigenvalue weighted by Gasteiger charge is -2.12. The van der Waals surface area contributed by atoms with Crippen molar-refractivity contribution in [3.8, 4) is 0 Å². The van der Waals surface area contributed by atoms with E-state index in [0.29, 0.717) is 12.5 Å². The third-order valence-corrected chi connectivity index (χ3v) is 2.11. The maximum atomic E-state index is 7.16. The first-order chi connectivity index (χ1) is 5.88. The largest absolute Gasteiger partial charge is 0.258 e.